The average Bonchev–Trinajstić information content (AvgIpc) is 3.36. The van der Waals surface area contributed by atoms with E-state index >= 15 is 0 Å². The van der Waals surface area contributed by atoms with E-state index in [2.05, 4.69) is 49.4 Å². The summed E-state index contributed by atoms with van der Waals surface area (Å²) < 4.78 is 10.6. The van der Waals surface area contributed by atoms with Crippen LogP contribution in [-0.4, -0.2) is 73.0 Å². The maximum absolute atomic E-state index is 5.37. The topological polar surface area (TPSA) is 90.9 Å². The van der Waals surface area contributed by atoms with Gasteiger partial charge in [0.2, 0.25) is 0 Å². The fourth-order valence-corrected chi connectivity index (χ4v) is 3.79. The zero-order chi connectivity index (χ0) is 23.0. The summed E-state index contributed by atoms with van der Waals surface area (Å²) in [5, 5.41) is 10.8. The van der Waals surface area contributed by atoms with E-state index in [1.807, 2.05) is 36.4 Å². The van der Waals surface area contributed by atoms with Crippen molar-refractivity contribution in [1.82, 2.24) is 25.4 Å². The van der Waals surface area contributed by atoms with Gasteiger partial charge in [-0.1, -0.05) is 6.07 Å². The van der Waals surface area contributed by atoms with E-state index < -0.39 is 0 Å². The molecule has 3 aromatic rings. The number of piperazine rings is 1. The van der Waals surface area contributed by atoms with Gasteiger partial charge < -0.3 is 24.6 Å². The molecule has 2 N–H and O–H groups in total. The summed E-state index contributed by atoms with van der Waals surface area (Å²) in [6, 6.07) is 15.9. The van der Waals surface area contributed by atoms with Crippen LogP contribution >= 0.6 is 0 Å². The van der Waals surface area contributed by atoms with E-state index in [-0.39, 0.29) is 0 Å². The van der Waals surface area contributed by atoms with Gasteiger partial charge in [0.05, 0.1) is 14.2 Å². The van der Waals surface area contributed by atoms with Gasteiger partial charge in [-0.05, 0) is 43.3 Å². The third kappa shape index (κ3) is 5.54. The second-order valence-electron chi connectivity index (χ2n) is 7.68. The molecule has 0 unspecified atom stereocenters. The van der Waals surface area contributed by atoms with Gasteiger partial charge in [-0.25, -0.2) is 9.98 Å². The van der Waals surface area contributed by atoms with E-state index in [1.54, 1.807) is 14.2 Å². The fraction of sp³-hybridized carbons (Fsp3) is 0.375. The summed E-state index contributed by atoms with van der Waals surface area (Å²) in [6.07, 6.45) is 0. The number of benzene rings is 2. The molecular weight excluding hydrogens is 418 g/mol. The second kappa shape index (κ2) is 10.7. The standard InChI is InChI=1S/C24H31N7O2/c1-4-25-24(31-14-12-30(13-15-31)19-6-5-7-21(16-19)33-3)26-17-22-27-23(29-28-22)18-8-10-20(32-2)11-9-18/h5-11,16H,4,12-15,17H2,1-3H3,(H,25,26)(H,27,28,29). The highest BCUT2D eigenvalue weighted by molar-refractivity contribution is 5.80. The van der Waals surface area contributed by atoms with Crippen molar-refractivity contribution >= 4 is 11.6 Å². The molecule has 0 spiro atoms. The van der Waals surface area contributed by atoms with E-state index in [4.69, 9.17) is 14.5 Å². The zero-order valence-electron chi connectivity index (χ0n) is 19.4. The summed E-state index contributed by atoms with van der Waals surface area (Å²) >= 11 is 0. The monoisotopic (exact) mass is 449 g/mol. The predicted molar refractivity (Wildman–Crippen MR) is 130 cm³/mol. The van der Waals surface area contributed by atoms with Crippen molar-refractivity contribution in [3.05, 3.63) is 54.4 Å². The Morgan fingerprint density at radius 3 is 2.48 bits per heavy atom. The molecule has 174 valence electrons. The molecule has 1 fully saturated rings. The van der Waals surface area contributed by atoms with Crippen LogP contribution in [0, 0.1) is 0 Å². The Labute approximate surface area is 194 Å². The van der Waals surface area contributed by atoms with Gasteiger partial charge in [0.25, 0.3) is 0 Å². The third-order valence-corrected chi connectivity index (χ3v) is 5.59. The summed E-state index contributed by atoms with van der Waals surface area (Å²) in [7, 11) is 3.35. The molecule has 0 saturated carbocycles. The van der Waals surface area contributed by atoms with E-state index in [1.165, 1.54) is 5.69 Å². The number of guanidine groups is 1. The lowest BCUT2D eigenvalue weighted by atomic mass is 10.2. The maximum Gasteiger partial charge on any atom is 0.194 e. The molecule has 1 saturated heterocycles. The van der Waals surface area contributed by atoms with Crippen molar-refractivity contribution in [1.29, 1.82) is 0 Å². The number of methoxy groups -OCH3 is 2. The number of hydrogen-bond donors (Lipinski definition) is 2. The Kier molecular flexibility index (Phi) is 7.29. The molecule has 9 heteroatoms. The molecular formula is C24H31N7O2. The first-order valence-corrected chi connectivity index (χ1v) is 11.2. The number of aromatic nitrogens is 3. The second-order valence-corrected chi connectivity index (χ2v) is 7.68. The number of aliphatic imine (C=N–C) groups is 1. The van der Waals surface area contributed by atoms with Crippen molar-refractivity contribution in [3.63, 3.8) is 0 Å². The summed E-state index contributed by atoms with van der Waals surface area (Å²) in [5.74, 6) is 3.96. The van der Waals surface area contributed by atoms with Crippen LogP contribution in [-0.2, 0) is 6.54 Å². The highest BCUT2D eigenvalue weighted by atomic mass is 16.5. The summed E-state index contributed by atoms with van der Waals surface area (Å²) in [6.45, 7) is 6.93. The highest BCUT2D eigenvalue weighted by Crippen LogP contribution is 2.22. The largest absolute Gasteiger partial charge is 0.497 e. The molecule has 9 nitrogen and oxygen atoms in total. The molecule has 0 radical (unpaired) electrons. The lowest BCUT2D eigenvalue weighted by Gasteiger charge is -2.37. The Morgan fingerprint density at radius 1 is 1.03 bits per heavy atom. The van der Waals surface area contributed by atoms with Crippen molar-refractivity contribution in [2.45, 2.75) is 13.5 Å². The average molecular weight is 450 g/mol. The van der Waals surface area contributed by atoms with Crippen LogP contribution in [0.25, 0.3) is 11.4 Å². The maximum atomic E-state index is 5.37. The molecule has 2 heterocycles. The lowest BCUT2D eigenvalue weighted by Crippen LogP contribution is -2.52. The Hall–Kier alpha value is -3.75. The summed E-state index contributed by atoms with van der Waals surface area (Å²) in [5.41, 5.74) is 2.12. The van der Waals surface area contributed by atoms with Crippen LogP contribution in [0.5, 0.6) is 11.5 Å². The van der Waals surface area contributed by atoms with Crippen LogP contribution in [0.3, 0.4) is 0 Å². The van der Waals surface area contributed by atoms with E-state index in [0.717, 1.165) is 61.6 Å². The normalized spacial score (nSPS) is 14.3. The van der Waals surface area contributed by atoms with Crippen LogP contribution in [0.15, 0.2) is 53.5 Å². The minimum atomic E-state index is 0.432. The Balaban J connectivity index is 1.38. The first-order valence-electron chi connectivity index (χ1n) is 11.2. The third-order valence-electron chi connectivity index (χ3n) is 5.59. The first-order chi connectivity index (χ1) is 16.2. The molecule has 33 heavy (non-hydrogen) atoms. The number of nitrogens with one attached hydrogen (secondary N) is 2. The van der Waals surface area contributed by atoms with Gasteiger partial charge >= 0.3 is 0 Å². The van der Waals surface area contributed by atoms with Gasteiger partial charge in [-0.15, -0.1) is 0 Å². The minimum absolute atomic E-state index is 0.432. The van der Waals surface area contributed by atoms with E-state index in [0.29, 0.717) is 12.4 Å². The number of aromatic amines is 1. The smallest absolute Gasteiger partial charge is 0.194 e. The summed E-state index contributed by atoms with van der Waals surface area (Å²) in [4.78, 5) is 14.1. The number of ether oxygens (including phenoxy) is 2. The van der Waals surface area contributed by atoms with Crippen LogP contribution < -0.4 is 19.7 Å². The first kappa shape index (κ1) is 22.4. The lowest BCUT2D eigenvalue weighted by molar-refractivity contribution is 0.371. The predicted octanol–water partition coefficient (Wildman–Crippen LogP) is 2.78. The number of H-pyrrole nitrogens is 1. The zero-order valence-corrected chi connectivity index (χ0v) is 19.4. The highest BCUT2D eigenvalue weighted by Gasteiger charge is 2.20. The Bertz CT molecular complexity index is 1060. The molecule has 1 aromatic heterocycles. The quantitative estimate of drug-likeness (QED) is 0.423. The Morgan fingerprint density at radius 2 is 1.79 bits per heavy atom. The molecule has 1 aliphatic rings. The molecule has 0 aliphatic carbocycles. The molecule has 2 aromatic carbocycles. The number of hydrogen-bond acceptors (Lipinski definition) is 6. The van der Waals surface area contributed by atoms with Gasteiger partial charge in [0.1, 0.15) is 23.9 Å². The van der Waals surface area contributed by atoms with Crippen molar-refractivity contribution in [3.8, 4) is 22.9 Å². The van der Waals surface area contributed by atoms with Crippen molar-refractivity contribution < 1.29 is 9.47 Å². The van der Waals surface area contributed by atoms with Gasteiger partial charge in [0.15, 0.2) is 11.8 Å². The van der Waals surface area contributed by atoms with Crippen LogP contribution in [0.1, 0.15) is 12.7 Å². The molecule has 0 atom stereocenters. The van der Waals surface area contributed by atoms with Crippen LogP contribution in [0.4, 0.5) is 5.69 Å². The molecule has 0 amide bonds. The van der Waals surface area contributed by atoms with Gasteiger partial charge in [-0.2, -0.15) is 5.10 Å². The molecule has 4 rings (SSSR count). The molecule has 1 aliphatic heterocycles. The number of rotatable bonds is 7. The number of nitrogens with zero attached hydrogens (tertiary/aromatic N) is 5. The van der Waals surface area contributed by atoms with Gasteiger partial charge in [-0.3, -0.25) is 5.10 Å². The molecule has 0 bridgehead atoms. The van der Waals surface area contributed by atoms with E-state index in [9.17, 15) is 0 Å². The van der Waals surface area contributed by atoms with Crippen molar-refractivity contribution in [2.24, 2.45) is 4.99 Å². The number of anilines is 1. The SMILES string of the molecule is CCNC(=NCc1nc(-c2ccc(OC)cc2)n[nH]1)N1CCN(c2cccc(OC)c2)CC1. The van der Waals surface area contributed by atoms with Gasteiger partial charge in [0, 0.05) is 50.0 Å². The van der Waals surface area contributed by atoms with Crippen LogP contribution in [0.2, 0.25) is 0 Å². The fourth-order valence-electron chi connectivity index (χ4n) is 3.79. The van der Waals surface area contributed by atoms with Crippen molar-refractivity contribution in [2.75, 3.05) is 51.8 Å². The minimum Gasteiger partial charge on any atom is -0.497 e.